The number of nitrogens with zero attached hydrogens (tertiary/aromatic N) is 1. The molecule has 0 aliphatic rings. The first-order chi connectivity index (χ1) is 8.70. The maximum Gasteiger partial charge on any atom is 0.165 e. The van der Waals surface area contributed by atoms with E-state index in [9.17, 15) is 4.39 Å². The van der Waals surface area contributed by atoms with Gasteiger partial charge in [0.1, 0.15) is 5.75 Å². The third kappa shape index (κ3) is 2.84. The molecule has 2 rings (SSSR count). The van der Waals surface area contributed by atoms with Crippen LogP contribution in [0.25, 0.3) is 0 Å². The predicted molar refractivity (Wildman–Crippen MR) is 68.2 cm³/mol. The highest BCUT2D eigenvalue weighted by Gasteiger charge is 2.08. The highest BCUT2D eigenvalue weighted by molar-refractivity contribution is 5.38. The molecule has 0 atom stereocenters. The minimum atomic E-state index is -0.373. The second-order valence-corrected chi connectivity index (χ2v) is 4.00. The van der Waals surface area contributed by atoms with Crippen LogP contribution in [0.2, 0.25) is 0 Å². The van der Waals surface area contributed by atoms with E-state index in [2.05, 4.69) is 10.3 Å². The van der Waals surface area contributed by atoms with Gasteiger partial charge in [-0.1, -0.05) is 12.1 Å². The second kappa shape index (κ2) is 5.60. The number of pyridine rings is 1. The molecule has 1 aromatic heterocycles. The Kier molecular flexibility index (Phi) is 3.89. The zero-order chi connectivity index (χ0) is 13.0. The summed E-state index contributed by atoms with van der Waals surface area (Å²) < 4.78 is 19.2. The van der Waals surface area contributed by atoms with E-state index >= 15 is 0 Å². The van der Waals surface area contributed by atoms with Crippen LogP contribution < -0.4 is 10.1 Å². The molecule has 0 saturated carbocycles. The van der Waals surface area contributed by atoms with Gasteiger partial charge in [-0.25, -0.2) is 4.39 Å². The summed E-state index contributed by atoms with van der Waals surface area (Å²) in [6.07, 6.45) is 1.74. The first-order valence-electron chi connectivity index (χ1n) is 5.73. The first kappa shape index (κ1) is 12.5. The second-order valence-electron chi connectivity index (χ2n) is 4.00. The van der Waals surface area contributed by atoms with Gasteiger partial charge in [-0.2, -0.15) is 0 Å². The molecule has 0 spiro atoms. The fourth-order valence-electron chi connectivity index (χ4n) is 1.63. The summed E-state index contributed by atoms with van der Waals surface area (Å²) >= 11 is 0. The lowest BCUT2D eigenvalue weighted by Crippen LogP contribution is -2.07. The van der Waals surface area contributed by atoms with Crippen LogP contribution in [-0.4, -0.2) is 12.0 Å². The highest BCUT2D eigenvalue weighted by Crippen LogP contribution is 2.27. The average molecular weight is 246 g/mol. The summed E-state index contributed by atoms with van der Waals surface area (Å²) in [4.78, 5) is 4.21. The number of nitrogens with one attached hydrogen (secondary N) is 1. The van der Waals surface area contributed by atoms with Crippen molar-refractivity contribution < 1.29 is 9.13 Å². The zero-order valence-electron chi connectivity index (χ0n) is 10.4. The van der Waals surface area contributed by atoms with Crippen LogP contribution >= 0.6 is 0 Å². The average Bonchev–Trinajstić information content (AvgIpc) is 2.36. The molecule has 2 aromatic rings. The fraction of sp³-hybridized carbons (Fsp3) is 0.214. The third-order valence-electron chi connectivity index (χ3n) is 2.50. The number of para-hydroxylation sites is 1. The molecule has 0 aliphatic carbocycles. The van der Waals surface area contributed by atoms with Gasteiger partial charge in [0.05, 0.1) is 0 Å². The molecular weight excluding hydrogens is 231 g/mol. The molecule has 0 unspecified atom stereocenters. The van der Waals surface area contributed by atoms with Crippen molar-refractivity contribution in [3.05, 3.63) is 53.6 Å². The van der Waals surface area contributed by atoms with Crippen molar-refractivity contribution in [1.82, 2.24) is 10.3 Å². The molecule has 0 bridgehead atoms. The predicted octanol–water partition coefficient (Wildman–Crippen LogP) is 3.04. The van der Waals surface area contributed by atoms with Crippen LogP contribution in [-0.2, 0) is 6.54 Å². The Balaban J connectivity index is 2.33. The van der Waals surface area contributed by atoms with E-state index in [1.165, 1.54) is 6.07 Å². The number of aryl methyl sites for hydroxylation is 1. The molecule has 0 radical (unpaired) electrons. The molecular formula is C14H15FN2O. The molecule has 18 heavy (non-hydrogen) atoms. The van der Waals surface area contributed by atoms with Crippen LogP contribution in [0.15, 0.2) is 36.5 Å². The molecule has 4 heteroatoms. The Morgan fingerprint density at radius 1 is 1.28 bits per heavy atom. The van der Waals surface area contributed by atoms with Gasteiger partial charge in [-0.05, 0) is 26.1 Å². The lowest BCUT2D eigenvalue weighted by atomic mass is 10.2. The van der Waals surface area contributed by atoms with Gasteiger partial charge in [0.25, 0.3) is 0 Å². The van der Waals surface area contributed by atoms with Crippen molar-refractivity contribution in [1.29, 1.82) is 0 Å². The standard InChI is InChI=1S/C14H15FN2O/c1-10-7-14(11(8-16-2)9-17-10)18-13-6-4-3-5-12(13)15/h3-7,9,16H,8H2,1-2H3. The number of aromatic nitrogens is 1. The monoisotopic (exact) mass is 246 g/mol. The van der Waals surface area contributed by atoms with Crippen molar-refractivity contribution >= 4 is 0 Å². The number of hydrogen-bond acceptors (Lipinski definition) is 3. The summed E-state index contributed by atoms with van der Waals surface area (Å²) in [6.45, 7) is 2.49. The molecule has 94 valence electrons. The summed E-state index contributed by atoms with van der Waals surface area (Å²) in [5.41, 5.74) is 1.73. The lowest BCUT2D eigenvalue weighted by Gasteiger charge is -2.11. The maximum absolute atomic E-state index is 13.5. The van der Waals surface area contributed by atoms with E-state index in [-0.39, 0.29) is 11.6 Å². The Morgan fingerprint density at radius 3 is 2.78 bits per heavy atom. The Labute approximate surface area is 106 Å². The Bertz CT molecular complexity index is 543. The van der Waals surface area contributed by atoms with Crippen molar-refractivity contribution in [3.63, 3.8) is 0 Å². The number of benzene rings is 1. The number of hydrogen-bond donors (Lipinski definition) is 1. The lowest BCUT2D eigenvalue weighted by molar-refractivity contribution is 0.435. The third-order valence-corrected chi connectivity index (χ3v) is 2.50. The van der Waals surface area contributed by atoms with Gasteiger partial charge in [-0.3, -0.25) is 4.98 Å². The molecule has 1 heterocycles. The first-order valence-corrected chi connectivity index (χ1v) is 5.73. The van der Waals surface area contributed by atoms with Crippen LogP contribution in [0.1, 0.15) is 11.3 Å². The number of ether oxygens (including phenoxy) is 1. The quantitative estimate of drug-likeness (QED) is 0.900. The van der Waals surface area contributed by atoms with Gasteiger partial charge in [-0.15, -0.1) is 0 Å². The molecule has 0 saturated heterocycles. The SMILES string of the molecule is CNCc1cnc(C)cc1Oc1ccccc1F. The van der Waals surface area contributed by atoms with Gasteiger partial charge < -0.3 is 10.1 Å². The Hall–Kier alpha value is -1.94. The Morgan fingerprint density at radius 2 is 2.06 bits per heavy atom. The zero-order valence-corrected chi connectivity index (χ0v) is 10.4. The number of rotatable bonds is 4. The maximum atomic E-state index is 13.5. The normalized spacial score (nSPS) is 10.4. The van der Waals surface area contributed by atoms with Crippen molar-refractivity contribution in [2.45, 2.75) is 13.5 Å². The fourth-order valence-corrected chi connectivity index (χ4v) is 1.63. The van der Waals surface area contributed by atoms with E-state index in [1.54, 1.807) is 30.5 Å². The molecule has 1 N–H and O–H groups in total. The minimum Gasteiger partial charge on any atom is -0.454 e. The van der Waals surface area contributed by atoms with Crippen molar-refractivity contribution in [3.8, 4) is 11.5 Å². The van der Waals surface area contributed by atoms with E-state index < -0.39 is 0 Å². The number of halogens is 1. The molecule has 1 aromatic carbocycles. The summed E-state index contributed by atoms with van der Waals surface area (Å²) in [7, 11) is 1.84. The van der Waals surface area contributed by atoms with Gasteiger partial charge in [0.2, 0.25) is 0 Å². The van der Waals surface area contributed by atoms with E-state index in [1.807, 2.05) is 14.0 Å². The van der Waals surface area contributed by atoms with E-state index in [0.29, 0.717) is 12.3 Å². The van der Waals surface area contributed by atoms with Gasteiger partial charge in [0, 0.05) is 30.1 Å². The van der Waals surface area contributed by atoms with Crippen LogP contribution in [0, 0.1) is 12.7 Å². The highest BCUT2D eigenvalue weighted by atomic mass is 19.1. The van der Waals surface area contributed by atoms with Crippen LogP contribution in [0.3, 0.4) is 0 Å². The van der Waals surface area contributed by atoms with E-state index in [4.69, 9.17) is 4.74 Å². The smallest absolute Gasteiger partial charge is 0.165 e. The van der Waals surface area contributed by atoms with Crippen LogP contribution in [0.5, 0.6) is 11.5 Å². The topological polar surface area (TPSA) is 34.2 Å². The van der Waals surface area contributed by atoms with Crippen molar-refractivity contribution in [2.75, 3.05) is 7.05 Å². The molecule has 0 aliphatic heterocycles. The van der Waals surface area contributed by atoms with Gasteiger partial charge in [0.15, 0.2) is 11.6 Å². The minimum absolute atomic E-state index is 0.223. The van der Waals surface area contributed by atoms with Gasteiger partial charge >= 0.3 is 0 Å². The van der Waals surface area contributed by atoms with Crippen LogP contribution in [0.4, 0.5) is 4.39 Å². The molecule has 0 amide bonds. The van der Waals surface area contributed by atoms with Crippen molar-refractivity contribution in [2.24, 2.45) is 0 Å². The molecule has 0 fully saturated rings. The van der Waals surface area contributed by atoms with E-state index in [0.717, 1.165) is 11.3 Å². The summed E-state index contributed by atoms with van der Waals surface area (Å²) in [5, 5.41) is 3.03. The summed E-state index contributed by atoms with van der Waals surface area (Å²) in [6, 6.07) is 8.16. The largest absolute Gasteiger partial charge is 0.454 e. The molecule has 3 nitrogen and oxygen atoms in total. The summed E-state index contributed by atoms with van der Waals surface area (Å²) in [5.74, 6) is 0.477.